The Hall–Kier alpha value is 0.350. The van der Waals surface area contributed by atoms with Gasteiger partial charge in [-0.25, -0.2) is 0 Å². The Morgan fingerprint density at radius 1 is 1.00 bits per heavy atom. The zero-order valence-electron chi connectivity index (χ0n) is 6.78. The van der Waals surface area contributed by atoms with Crippen LogP contribution in [0.15, 0.2) is 0 Å². The predicted molar refractivity (Wildman–Crippen MR) is 47.2 cm³/mol. The molecular formula is C8H18S. The summed E-state index contributed by atoms with van der Waals surface area (Å²) in [6, 6.07) is 0. The van der Waals surface area contributed by atoms with E-state index in [4.69, 9.17) is 0 Å². The van der Waals surface area contributed by atoms with Gasteiger partial charge in [0.2, 0.25) is 0 Å². The van der Waals surface area contributed by atoms with Crippen LogP contribution in [-0.4, -0.2) is 5.75 Å². The highest BCUT2D eigenvalue weighted by Crippen LogP contribution is 2.30. The van der Waals surface area contributed by atoms with Crippen molar-refractivity contribution >= 4 is 12.6 Å². The zero-order valence-corrected chi connectivity index (χ0v) is 7.67. The molecule has 0 aliphatic rings. The molecule has 0 aromatic heterocycles. The zero-order chi connectivity index (χ0) is 7.33. The van der Waals surface area contributed by atoms with E-state index in [1.165, 1.54) is 19.3 Å². The highest BCUT2D eigenvalue weighted by Gasteiger charge is 2.20. The van der Waals surface area contributed by atoms with E-state index >= 15 is 0 Å². The van der Waals surface area contributed by atoms with Crippen molar-refractivity contribution in [3.63, 3.8) is 0 Å². The van der Waals surface area contributed by atoms with Gasteiger partial charge in [0, 0.05) is 0 Å². The Bertz CT molecular complexity index is 47.5. The van der Waals surface area contributed by atoms with Crippen LogP contribution in [0.1, 0.15) is 40.0 Å². The van der Waals surface area contributed by atoms with E-state index in [1.54, 1.807) is 0 Å². The van der Waals surface area contributed by atoms with E-state index in [9.17, 15) is 0 Å². The molecule has 0 amide bonds. The third-order valence-corrected chi connectivity index (χ3v) is 3.26. The number of rotatable bonds is 4. The molecule has 9 heavy (non-hydrogen) atoms. The van der Waals surface area contributed by atoms with Crippen LogP contribution in [0.4, 0.5) is 0 Å². The van der Waals surface area contributed by atoms with Gasteiger partial charge in [-0.3, -0.25) is 0 Å². The normalized spacial score (nSPS) is 12.0. The van der Waals surface area contributed by atoms with Gasteiger partial charge in [0.15, 0.2) is 0 Å². The quantitative estimate of drug-likeness (QED) is 0.579. The van der Waals surface area contributed by atoms with Gasteiger partial charge in [-0.2, -0.15) is 12.6 Å². The monoisotopic (exact) mass is 146 g/mol. The fourth-order valence-electron chi connectivity index (χ4n) is 1.09. The van der Waals surface area contributed by atoms with Crippen LogP contribution in [0, 0.1) is 5.41 Å². The molecule has 0 unspecified atom stereocenters. The molecular weight excluding hydrogens is 128 g/mol. The number of thiol groups is 1. The SMILES string of the molecule is CCC(CC)(CC)CS. The van der Waals surface area contributed by atoms with Crippen LogP contribution in [-0.2, 0) is 0 Å². The molecule has 0 N–H and O–H groups in total. The van der Waals surface area contributed by atoms with Crippen LogP contribution >= 0.6 is 12.6 Å². The summed E-state index contributed by atoms with van der Waals surface area (Å²) in [6.07, 6.45) is 3.80. The first kappa shape index (κ1) is 9.35. The van der Waals surface area contributed by atoms with Gasteiger partial charge >= 0.3 is 0 Å². The van der Waals surface area contributed by atoms with E-state index < -0.39 is 0 Å². The highest BCUT2D eigenvalue weighted by molar-refractivity contribution is 7.80. The predicted octanol–water partition coefficient (Wildman–Crippen LogP) is 3.13. The molecule has 0 aliphatic heterocycles. The maximum atomic E-state index is 4.34. The second-order valence-electron chi connectivity index (χ2n) is 2.72. The van der Waals surface area contributed by atoms with Crippen molar-refractivity contribution in [3.05, 3.63) is 0 Å². The smallest absolute Gasteiger partial charge is 0.00415 e. The van der Waals surface area contributed by atoms with Gasteiger partial charge in [0.1, 0.15) is 0 Å². The molecule has 0 saturated carbocycles. The summed E-state index contributed by atoms with van der Waals surface area (Å²) >= 11 is 4.34. The minimum Gasteiger partial charge on any atom is -0.179 e. The molecule has 1 heteroatoms. The molecule has 0 radical (unpaired) electrons. The first-order valence-electron chi connectivity index (χ1n) is 3.85. The van der Waals surface area contributed by atoms with Crippen LogP contribution in [0.5, 0.6) is 0 Å². The number of hydrogen-bond acceptors (Lipinski definition) is 1. The average Bonchev–Trinajstić information content (AvgIpc) is 1.95. The summed E-state index contributed by atoms with van der Waals surface area (Å²) in [7, 11) is 0. The van der Waals surface area contributed by atoms with Crippen molar-refractivity contribution < 1.29 is 0 Å². The van der Waals surface area contributed by atoms with Crippen molar-refractivity contribution in [1.29, 1.82) is 0 Å². The second kappa shape index (κ2) is 4.21. The van der Waals surface area contributed by atoms with Crippen molar-refractivity contribution in [2.24, 2.45) is 5.41 Å². The van der Waals surface area contributed by atoms with E-state index in [-0.39, 0.29) is 0 Å². The molecule has 0 heterocycles. The third-order valence-electron chi connectivity index (χ3n) is 2.59. The summed E-state index contributed by atoms with van der Waals surface area (Å²) in [4.78, 5) is 0. The number of hydrogen-bond donors (Lipinski definition) is 1. The van der Waals surface area contributed by atoms with E-state index in [0.717, 1.165) is 5.75 Å². The summed E-state index contributed by atoms with van der Waals surface area (Å²) in [5.74, 6) is 1.04. The highest BCUT2D eigenvalue weighted by atomic mass is 32.1. The lowest BCUT2D eigenvalue weighted by atomic mass is 9.82. The molecule has 0 nitrogen and oxygen atoms in total. The molecule has 0 atom stereocenters. The first-order valence-corrected chi connectivity index (χ1v) is 4.48. The minimum absolute atomic E-state index is 0.531. The Labute approximate surface area is 64.4 Å². The Morgan fingerprint density at radius 3 is 1.33 bits per heavy atom. The Morgan fingerprint density at radius 2 is 1.33 bits per heavy atom. The van der Waals surface area contributed by atoms with Crippen LogP contribution < -0.4 is 0 Å². The summed E-state index contributed by atoms with van der Waals surface area (Å²) in [5.41, 5.74) is 0.531. The second-order valence-corrected chi connectivity index (χ2v) is 3.04. The minimum atomic E-state index is 0.531. The first-order chi connectivity index (χ1) is 4.24. The fourth-order valence-corrected chi connectivity index (χ4v) is 1.76. The van der Waals surface area contributed by atoms with Crippen LogP contribution in [0.2, 0.25) is 0 Å². The Balaban J connectivity index is 3.82. The summed E-state index contributed by atoms with van der Waals surface area (Å²) in [6.45, 7) is 6.76. The van der Waals surface area contributed by atoms with E-state index in [0.29, 0.717) is 5.41 Å². The van der Waals surface area contributed by atoms with Crippen molar-refractivity contribution in [2.45, 2.75) is 40.0 Å². The van der Waals surface area contributed by atoms with Crippen molar-refractivity contribution in [1.82, 2.24) is 0 Å². The van der Waals surface area contributed by atoms with E-state index in [1.807, 2.05) is 0 Å². The molecule has 0 spiro atoms. The lowest BCUT2D eigenvalue weighted by molar-refractivity contribution is 0.295. The van der Waals surface area contributed by atoms with Gasteiger partial charge in [0.25, 0.3) is 0 Å². The molecule has 0 aromatic carbocycles. The maximum Gasteiger partial charge on any atom is -0.00415 e. The maximum absolute atomic E-state index is 4.34. The average molecular weight is 146 g/mol. The van der Waals surface area contributed by atoms with E-state index in [2.05, 4.69) is 33.4 Å². The van der Waals surface area contributed by atoms with Gasteiger partial charge in [-0.1, -0.05) is 20.8 Å². The standard InChI is InChI=1S/C8H18S/c1-4-8(5-2,6-3)7-9/h9H,4-7H2,1-3H3. The topological polar surface area (TPSA) is 0 Å². The van der Waals surface area contributed by atoms with Gasteiger partial charge in [0.05, 0.1) is 0 Å². The largest absolute Gasteiger partial charge is 0.179 e. The van der Waals surface area contributed by atoms with Crippen molar-refractivity contribution in [2.75, 3.05) is 5.75 Å². The van der Waals surface area contributed by atoms with Gasteiger partial charge in [-0.15, -0.1) is 0 Å². The third kappa shape index (κ3) is 2.21. The van der Waals surface area contributed by atoms with Crippen molar-refractivity contribution in [3.8, 4) is 0 Å². The lowest BCUT2D eigenvalue weighted by Crippen LogP contribution is -2.19. The lowest BCUT2D eigenvalue weighted by Gasteiger charge is -2.27. The van der Waals surface area contributed by atoms with Gasteiger partial charge < -0.3 is 0 Å². The molecule has 0 aliphatic carbocycles. The molecule has 0 rings (SSSR count). The van der Waals surface area contributed by atoms with Crippen LogP contribution in [0.25, 0.3) is 0 Å². The summed E-state index contributed by atoms with van der Waals surface area (Å²) in [5, 5.41) is 0. The molecule has 0 fully saturated rings. The molecule has 56 valence electrons. The van der Waals surface area contributed by atoms with Crippen LogP contribution in [0.3, 0.4) is 0 Å². The van der Waals surface area contributed by atoms with Gasteiger partial charge in [-0.05, 0) is 30.4 Å². The summed E-state index contributed by atoms with van der Waals surface area (Å²) < 4.78 is 0. The molecule has 0 bridgehead atoms. The fraction of sp³-hybridized carbons (Fsp3) is 1.00. The molecule has 0 aromatic rings. The molecule has 0 saturated heterocycles. The Kier molecular flexibility index (Phi) is 4.37.